The molecule has 2 aromatic rings. The number of hydrogen-bond donors (Lipinski definition) is 1. The standard InChI is InChI=1S/C17H19NO3/c1-10-7-8-11(2)13(9-10)15-14(17(19)20)16(21-18-15)12-5-3-4-6-12/h7-9,12H,3-6H2,1-2H3,(H,19,20). The van der Waals surface area contributed by atoms with E-state index in [1.807, 2.05) is 32.0 Å². The average Bonchev–Trinajstić information content (AvgIpc) is 3.08. The number of rotatable bonds is 3. The number of carbonyl (C=O) groups is 1. The van der Waals surface area contributed by atoms with Crippen LogP contribution in [0.25, 0.3) is 11.3 Å². The lowest BCUT2D eigenvalue weighted by Gasteiger charge is -2.07. The molecule has 21 heavy (non-hydrogen) atoms. The lowest BCUT2D eigenvalue weighted by molar-refractivity contribution is 0.0694. The molecule has 1 aromatic heterocycles. The summed E-state index contributed by atoms with van der Waals surface area (Å²) in [6, 6.07) is 5.97. The van der Waals surface area contributed by atoms with Crippen LogP contribution in [0.2, 0.25) is 0 Å². The molecule has 1 N–H and O–H groups in total. The summed E-state index contributed by atoms with van der Waals surface area (Å²) in [6.45, 7) is 3.95. The number of aromatic carboxylic acids is 1. The molecule has 4 heteroatoms. The zero-order chi connectivity index (χ0) is 15.0. The van der Waals surface area contributed by atoms with Crippen LogP contribution in [0, 0.1) is 13.8 Å². The maximum atomic E-state index is 11.7. The van der Waals surface area contributed by atoms with Crippen molar-refractivity contribution in [3.05, 3.63) is 40.6 Å². The van der Waals surface area contributed by atoms with Crippen molar-refractivity contribution in [1.29, 1.82) is 0 Å². The third-order valence-electron chi connectivity index (χ3n) is 4.31. The van der Waals surface area contributed by atoms with Crippen LogP contribution >= 0.6 is 0 Å². The first-order valence-electron chi connectivity index (χ1n) is 7.38. The van der Waals surface area contributed by atoms with E-state index < -0.39 is 5.97 Å². The number of aryl methyl sites for hydroxylation is 2. The van der Waals surface area contributed by atoms with E-state index in [-0.39, 0.29) is 11.5 Å². The first-order valence-corrected chi connectivity index (χ1v) is 7.38. The molecule has 0 amide bonds. The molecule has 0 bridgehead atoms. The van der Waals surface area contributed by atoms with Gasteiger partial charge in [0.05, 0.1) is 0 Å². The summed E-state index contributed by atoms with van der Waals surface area (Å²) >= 11 is 0. The number of carboxylic acids is 1. The van der Waals surface area contributed by atoms with Gasteiger partial charge in [-0.25, -0.2) is 4.79 Å². The molecule has 4 nitrogen and oxygen atoms in total. The Balaban J connectivity index is 2.14. The molecule has 1 aliphatic carbocycles. The van der Waals surface area contributed by atoms with E-state index in [0.29, 0.717) is 11.5 Å². The zero-order valence-electron chi connectivity index (χ0n) is 12.3. The topological polar surface area (TPSA) is 63.3 Å². The highest BCUT2D eigenvalue weighted by Crippen LogP contribution is 2.39. The molecular weight excluding hydrogens is 266 g/mol. The molecule has 1 aromatic carbocycles. The maximum Gasteiger partial charge on any atom is 0.341 e. The van der Waals surface area contributed by atoms with Crippen molar-refractivity contribution in [2.45, 2.75) is 45.4 Å². The Labute approximate surface area is 123 Å². The van der Waals surface area contributed by atoms with Crippen LogP contribution in [0.1, 0.15) is 58.8 Å². The zero-order valence-corrected chi connectivity index (χ0v) is 12.3. The predicted molar refractivity (Wildman–Crippen MR) is 79.6 cm³/mol. The lowest BCUT2D eigenvalue weighted by Crippen LogP contribution is -2.04. The van der Waals surface area contributed by atoms with Gasteiger partial charge in [0, 0.05) is 11.5 Å². The van der Waals surface area contributed by atoms with Crippen LogP contribution in [0.4, 0.5) is 0 Å². The van der Waals surface area contributed by atoms with E-state index >= 15 is 0 Å². The fourth-order valence-corrected chi connectivity index (χ4v) is 3.15. The van der Waals surface area contributed by atoms with Crippen molar-refractivity contribution in [3.63, 3.8) is 0 Å². The van der Waals surface area contributed by atoms with E-state index in [1.54, 1.807) is 0 Å². The average molecular weight is 285 g/mol. The van der Waals surface area contributed by atoms with Gasteiger partial charge in [-0.15, -0.1) is 0 Å². The molecule has 1 saturated carbocycles. The van der Waals surface area contributed by atoms with Crippen molar-refractivity contribution in [2.24, 2.45) is 0 Å². The first-order chi connectivity index (χ1) is 10.1. The molecule has 1 aliphatic rings. The van der Waals surface area contributed by atoms with E-state index in [9.17, 15) is 9.90 Å². The van der Waals surface area contributed by atoms with Crippen LogP contribution in [-0.2, 0) is 0 Å². The molecule has 0 aliphatic heterocycles. The van der Waals surface area contributed by atoms with Crippen molar-refractivity contribution in [3.8, 4) is 11.3 Å². The molecule has 0 atom stereocenters. The summed E-state index contributed by atoms with van der Waals surface area (Å²) in [4.78, 5) is 11.7. The Morgan fingerprint density at radius 3 is 2.67 bits per heavy atom. The minimum Gasteiger partial charge on any atom is -0.477 e. The number of hydrogen-bond acceptors (Lipinski definition) is 3. The predicted octanol–water partition coefficient (Wildman–Crippen LogP) is 4.31. The van der Waals surface area contributed by atoms with E-state index in [4.69, 9.17) is 4.52 Å². The minimum atomic E-state index is -0.950. The van der Waals surface area contributed by atoms with Gasteiger partial charge in [0.25, 0.3) is 0 Å². The maximum absolute atomic E-state index is 11.7. The number of nitrogens with zero attached hydrogens (tertiary/aromatic N) is 1. The van der Waals surface area contributed by atoms with Gasteiger partial charge < -0.3 is 9.63 Å². The number of aromatic nitrogens is 1. The third kappa shape index (κ3) is 2.46. The lowest BCUT2D eigenvalue weighted by atomic mass is 9.95. The van der Waals surface area contributed by atoms with Crippen LogP contribution in [0.5, 0.6) is 0 Å². The Bertz CT molecular complexity index is 681. The first kappa shape index (κ1) is 13.9. The number of carboxylic acid groups (broad SMARTS) is 1. The van der Waals surface area contributed by atoms with Crippen molar-refractivity contribution in [1.82, 2.24) is 5.16 Å². The van der Waals surface area contributed by atoms with Crippen molar-refractivity contribution >= 4 is 5.97 Å². The highest BCUT2D eigenvalue weighted by atomic mass is 16.5. The molecule has 0 saturated heterocycles. The van der Waals surface area contributed by atoms with Gasteiger partial charge in [0.15, 0.2) is 5.76 Å². The minimum absolute atomic E-state index is 0.197. The van der Waals surface area contributed by atoms with Gasteiger partial charge in [0.1, 0.15) is 11.3 Å². The Kier molecular flexibility index (Phi) is 3.53. The van der Waals surface area contributed by atoms with E-state index in [2.05, 4.69) is 5.16 Å². The highest BCUT2D eigenvalue weighted by molar-refractivity contribution is 5.96. The molecule has 0 radical (unpaired) electrons. The summed E-state index contributed by atoms with van der Waals surface area (Å²) in [5.41, 5.74) is 3.65. The van der Waals surface area contributed by atoms with E-state index in [0.717, 1.165) is 42.4 Å². The molecule has 0 unspecified atom stereocenters. The fraction of sp³-hybridized carbons (Fsp3) is 0.412. The van der Waals surface area contributed by atoms with Crippen LogP contribution in [0.15, 0.2) is 22.7 Å². The molecule has 1 heterocycles. The second-order valence-electron chi connectivity index (χ2n) is 5.88. The largest absolute Gasteiger partial charge is 0.477 e. The van der Waals surface area contributed by atoms with Crippen molar-refractivity contribution < 1.29 is 14.4 Å². The summed E-state index contributed by atoms with van der Waals surface area (Å²) < 4.78 is 5.46. The highest BCUT2D eigenvalue weighted by Gasteiger charge is 2.31. The Morgan fingerprint density at radius 2 is 2.00 bits per heavy atom. The third-order valence-corrected chi connectivity index (χ3v) is 4.31. The molecule has 0 spiro atoms. The quantitative estimate of drug-likeness (QED) is 0.912. The summed E-state index contributed by atoms with van der Waals surface area (Å²) in [5, 5.41) is 13.7. The fourth-order valence-electron chi connectivity index (χ4n) is 3.15. The van der Waals surface area contributed by atoms with Gasteiger partial charge in [0.2, 0.25) is 0 Å². The van der Waals surface area contributed by atoms with Gasteiger partial charge >= 0.3 is 5.97 Å². The molecule has 3 rings (SSSR count). The monoisotopic (exact) mass is 285 g/mol. The Hall–Kier alpha value is -2.10. The second kappa shape index (κ2) is 5.35. The van der Waals surface area contributed by atoms with E-state index in [1.165, 1.54) is 0 Å². The van der Waals surface area contributed by atoms with Crippen LogP contribution < -0.4 is 0 Å². The van der Waals surface area contributed by atoms with Gasteiger partial charge in [-0.1, -0.05) is 35.7 Å². The number of benzene rings is 1. The van der Waals surface area contributed by atoms with Gasteiger partial charge in [-0.05, 0) is 38.3 Å². The summed E-state index contributed by atoms with van der Waals surface area (Å²) in [7, 11) is 0. The van der Waals surface area contributed by atoms with Crippen LogP contribution in [-0.4, -0.2) is 16.2 Å². The Morgan fingerprint density at radius 1 is 1.29 bits per heavy atom. The van der Waals surface area contributed by atoms with Gasteiger partial charge in [-0.2, -0.15) is 0 Å². The summed E-state index contributed by atoms with van der Waals surface area (Å²) in [5.74, 6) is -0.201. The molecule has 110 valence electrons. The van der Waals surface area contributed by atoms with Gasteiger partial charge in [-0.3, -0.25) is 0 Å². The SMILES string of the molecule is Cc1ccc(C)c(-c2noc(C3CCCC3)c2C(=O)O)c1. The smallest absolute Gasteiger partial charge is 0.341 e. The normalized spacial score (nSPS) is 15.5. The molecular formula is C17H19NO3. The summed E-state index contributed by atoms with van der Waals surface area (Å²) in [6.07, 6.45) is 4.23. The second-order valence-corrected chi connectivity index (χ2v) is 5.88. The molecule has 1 fully saturated rings. The van der Waals surface area contributed by atoms with Crippen LogP contribution in [0.3, 0.4) is 0 Å². The van der Waals surface area contributed by atoms with Crippen molar-refractivity contribution in [2.75, 3.05) is 0 Å².